The number of nitrogen functional groups attached to an aromatic ring is 1. The topological polar surface area (TPSA) is 46.3 Å². The number of halogens is 5. The van der Waals surface area contributed by atoms with Crippen LogP contribution in [0.4, 0.5) is 27.6 Å². The van der Waals surface area contributed by atoms with Gasteiger partial charge >= 0.3 is 6.18 Å². The van der Waals surface area contributed by atoms with Gasteiger partial charge in [-0.05, 0) is 12.0 Å². The number of alkyl halides is 3. The van der Waals surface area contributed by atoms with Gasteiger partial charge in [-0.1, -0.05) is 13.8 Å². The Morgan fingerprint density at radius 1 is 1.24 bits per heavy atom. The molecule has 1 amide bonds. The van der Waals surface area contributed by atoms with Gasteiger partial charge in [0.15, 0.2) is 0 Å². The first-order valence-electron chi connectivity index (χ1n) is 6.11. The van der Waals surface area contributed by atoms with Crippen LogP contribution in [0.25, 0.3) is 0 Å². The summed E-state index contributed by atoms with van der Waals surface area (Å²) in [6.45, 7) is 1.51. The zero-order chi connectivity index (χ0) is 16.4. The van der Waals surface area contributed by atoms with Gasteiger partial charge in [0.25, 0.3) is 5.91 Å². The van der Waals surface area contributed by atoms with Crippen LogP contribution in [0.15, 0.2) is 12.1 Å². The molecular formula is C13H15F5N2O. The summed E-state index contributed by atoms with van der Waals surface area (Å²) in [4.78, 5) is 12.5. The lowest BCUT2D eigenvalue weighted by Crippen LogP contribution is -2.41. The van der Waals surface area contributed by atoms with Gasteiger partial charge in [0.1, 0.15) is 18.2 Å². The smallest absolute Gasteiger partial charge is 0.396 e. The van der Waals surface area contributed by atoms with E-state index in [0.29, 0.717) is 17.0 Å². The third-order valence-electron chi connectivity index (χ3n) is 2.56. The number of benzene rings is 1. The first kappa shape index (κ1) is 17.2. The second-order valence-corrected chi connectivity index (χ2v) is 5.05. The summed E-state index contributed by atoms with van der Waals surface area (Å²) in [5.41, 5.74) is 4.04. The lowest BCUT2D eigenvalue weighted by atomic mass is 10.1. The van der Waals surface area contributed by atoms with Gasteiger partial charge in [-0.25, -0.2) is 8.78 Å². The number of rotatable bonds is 4. The standard InChI is InChI=1S/C13H15F5N2O/c1-7(2)5-20(6-13(16,17)18)12(21)8-3-11(19)10(15)4-9(8)14/h3-4,7H,5-6,19H2,1-2H3. The number of nitrogens with zero attached hydrogens (tertiary/aromatic N) is 1. The summed E-state index contributed by atoms with van der Waals surface area (Å²) in [6.07, 6.45) is -4.62. The van der Waals surface area contributed by atoms with Crippen molar-refractivity contribution in [3.05, 3.63) is 29.3 Å². The Kier molecular flexibility index (Phi) is 5.14. The van der Waals surface area contributed by atoms with Crippen molar-refractivity contribution in [3.8, 4) is 0 Å². The van der Waals surface area contributed by atoms with Crippen LogP contribution >= 0.6 is 0 Å². The molecule has 2 N–H and O–H groups in total. The number of anilines is 1. The van der Waals surface area contributed by atoms with Gasteiger partial charge in [-0.3, -0.25) is 4.79 Å². The fourth-order valence-corrected chi connectivity index (χ4v) is 1.78. The fourth-order valence-electron chi connectivity index (χ4n) is 1.78. The molecule has 0 spiro atoms. The molecule has 0 aliphatic rings. The quantitative estimate of drug-likeness (QED) is 0.685. The summed E-state index contributed by atoms with van der Waals surface area (Å²) < 4.78 is 64.1. The highest BCUT2D eigenvalue weighted by molar-refractivity contribution is 5.95. The summed E-state index contributed by atoms with van der Waals surface area (Å²) in [7, 11) is 0. The molecule has 0 atom stereocenters. The van der Waals surface area contributed by atoms with Crippen molar-refractivity contribution < 1.29 is 26.7 Å². The Balaban J connectivity index is 3.13. The zero-order valence-electron chi connectivity index (χ0n) is 11.5. The minimum Gasteiger partial charge on any atom is -0.396 e. The molecule has 0 bridgehead atoms. The van der Waals surface area contributed by atoms with E-state index in [-0.39, 0.29) is 12.5 Å². The van der Waals surface area contributed by atoms with E-state index < -0.39 is 41.5 Å². The maximum atomic E-state index is 13.6. The largest absolute Gasteiger partial charge is 0.406 e. The Bertz CT molecular complexity index is 528. The van der Waals surface area contributed by atoms with Crippen LogP contribution in [-0.4, -0.2) is 30.1 Å². The van der Waals surface area contributed by atoms with E-state index in [2.05, 4.69) is 0 Å². The van der Waals surface area contributed by atoms with Crippen LogP contribution in [0.2, 0.25) is 0 Å². The van der Waals surface area contributed by atoms with Crippen molar-refractivity contribution in [2.45, 2.75) is 20.0 Å². The Morgan fingerprint density at radius 3 is 2.29 bits per heavy atom. The third-order valence-corrected chi connectivity index (χ3v) is 2.56. The van der Waals surface area contributed by atoms with E-state index in [1.807, 2.05) is 0 Å². The number of carbonyl (C=O) groups is 1. The Labute approximate surface area is 118 Å². The van der Waals surface area contributed by atoms with E-state index >= 15 is 0 Å². The molecule has 1 aromatic rings. The molecule has 0 saturated heterocycles. The number of hydrogen-bond donors (Lipinski definition) is 1. The lowest BCUT2D eigenvalue weighted by Gasteiger charge is -2.26. The van der Waals surface area contributed by atoms with Crippen LogP contribution in [0.5, 0.6) is 0 Å². The summed E-state index contributed by atoms with van der Waals surface area (Å²) in [6, 6.07) is 1.08. The minimum atomic E-state index is -4.62. The number of carbonyl (C=O) groups excluding carboxylic acids is 1. The van der Waals surface area contributed by atoms with Gasteiger partial charge in [0.2, 0.25) is 0 Å². The lowest BCUT2D eigenvalue weighted by molar-refractivity contribution is -0.141. The maximum absolute atomic E-state index is 13.6. The average molecular weight is 310 g/mol. The van der Waals surface area contributed by atoms with E-state index in [0.717, 1.165) is 0 Å². The molecule has 0 aliphatic carbocycles. The van der Waals surface area contributed by atoms with Crippen LogP contribution in [0.1, 0.15) is 24.2 Å². The zero-order valence-corrected chi connectivity index (χ0v) is 11.5. The summed E-state index contributed by atoms with van der Waals surface area (Å²) >= 11 is 0. The normalized spacial score (nSPS) is 11.8. The average Bonchev–Trinajstić information content (AvgIpc) is 2.29. The van der Waals surface area contributed by atoms with Crippen molar-refractivity contribution in [1.82, 2.24) is 4.90 Å². The molecule has 0 aliphatic heterocycles. The van der Waals surface area contributed by atoms with Gasteiger partial charge in [0.05, 0.1) is 11.3 Å². The van der Waals surface area contributed by atoms with Crippen LogP contribution in [-0.2, 0) is 0 Å². The predicted octanol–water partition coefficient (Wildman–Crippen LogP) is 3.21. The first-order chi connectivity index (χ1) is 9.51. The molecule has 21 heavy (non-hydrogen) atoms. The fraction of sp³-hybridized carbons (Fsp3) is 0.462. The third kappa shape index (κ3) is 4.87. The van der Waals surface area contributed by atoms with Crippen LogP contribution < -0.4 is 5.73 Å². The molecule has 0 radical (unpaired) electrons. The molecule has 3 nitrogen and oxygen atoms in total. The molecule has 0 unspecified atom stereocenters. The van der Waals surface area contributed by atoms with Crippen molar-refractivity contribution in [1.29, 1.82) is 0 Å². The molecule has 1 rings (SSSR count). The van der Waals surface area contributed by atoms with E-state index in [1.165, 1.54) is 0 Å². The molecule has 0 fully saturated rings. The van der Waals surface area contributed by atoms with Gasteiger partial charge in [-0.2, -0.15) is 13.2 Å². The molecule has 0 aromatic heterocycles. The van der Waals surface area contributed by atoms with Gasteiger partial charge < -0.3 is 10.6 Å². The van der Waals surface area contributed by atoms with E-state index in [9.17, 15) is 26.7 Å². The van der Waals surface area contributed by atoms with Crippen molar-refractivity contribution >= 4 is 11.6 Å². The van der Waals surface area contributed by atoms with E-state index in [4.69, 9.17) is 5.73 Å². The predicted molar refractivity (Wildman–Crippen MR) is 67.6 cm³/mol. The van der Waals surface area contributed by atoms with Crippen molar-refractivity contribution in [2.24, 2.45) is 5.92 Å². The van der Waals surface area contributed by atoms with E-state index in [1.54, 1.807) is 13.8 Å². The number of amides is 1. The van der Waals surface area contributed by atoms with Crippen molar-refractivity contribution in [2.75, 3.05) is 18.8 Å². The molecular weight excluding hydrogens is 295 g/mol. The minimum absolute atomic E-state index is 0.213. The van der Waals surface area contributed by atoms with Crippen molar-refractivity contribution in [3.63, 3.8) is 0 Å². The monoisotopic (exact) mass is 310 g/mol. The molecule has 8 heteroatoms. The highest BCUT2D eigenvalue weighted by Crippen LogP contribution is 2.22. The maximum Gasteiger partial charge on any atom is 0.406 e. The van der Waals surface area contributed by atoms with Crippen LogP contribution in [0.3, 0.4) is 0 Å². The van der Waals surface area contributed by atoms with Crippen LogP contribution in [0, 0.1) is 17.6 Å². The highest BCUT2D eigenvalue weighted by atomic mass is 19.4. The number of nitrogens with two attached hydrogens (primary N) is 1. The summed E-state index contributed by atoms with van der Waals surface area (Å²) in [5.74, 6) is -3.75. The number of hydrogen-bond acceptors (Lipinski definition) is 2. The molecule has 1 aromatic carbocycles. The van der Waals surface area contributed by atoms with Gasteiger partial charge in [-0.15, -0.1) is 0 Å². The second kappa shape index (κ2) is 6.28. The molecule has 0 heterocycles. The highest BCUT2D eigenvalue weighted by Gasteiger charge is 2.34. The van der Waals surface area contributed by atoms with Gasteiger partial charge in [0, 0.05) is 12.6 Å². The summed E-state index contributed by atoms with van der Waals surface area (Å²) in [5, 5.41) is 0. The Morgan fingerprint density at radius 2 is 1.81 bits per heavy atom. The molecule has 118 valence electrons. The first-order valence-corrected chi connectivity index (χ1v) is 6.11. The second-order valence-electron chi connectivity index (χ2n) is 5.05. The molecule has 0 saturated carbocycles. The SMILES string of the molecule is CC(C)CN(CC(F)(F)F)C(=O)c1cc(N)c(F)cc1F. The Hall–Kier alpha value is -1.86.